The molecule has 6 heteroatoms. The summed E-state index contributed by atoms with van der Waals surface area (Å²) in [5, 5.41) is 6.40. The minimum atomic E-state index is -0.346. The average Bonchev–Trinajstić information content (AvgIpc) is 2.46. The molecule has 0 radical (unpaired) electrons. The van der Waals surface area contributed by atoms with Crippen molar-refractivity contribution in [1.82, 2.24) is 15.6 Å². The molecule has 20 heavy (non-hydrogen) atoms. The van der Waals surface area contributed by atoms with Crippen molar-refractivity contribution in [2.75, 3.05) is 13.6 Å². The summed E-state index contributed by atoms with van der Waals surface area (Å²) >= 11 is 6.13. The quantitative estimate of drug-likeness (QED) is 0.901. The van der Waals surface area contributed by atoms with E-state index in [1.54, 1.807) is 13.1 Å². The number of benzene rings is 1. The molecule has 104 valence electrons. The molecule has 0 unspecified atom stereocenters. The van der Waals surface area contributed by atoms with Crippen molar-refractivity contribution in [1.29, 1.82) is 0 Å². The second-order valence-corrected chi connectivity index (χ2v) is 4.59. The van der Waals surface area contributed by atoms with E-state index in [-0.39, 0.29) is 30.5 Å². The molecule has 0 aliphatic heterocycles. The molecule has 1 heterocycles. The molecule has 2 amide bonds. The summed E-state index contributed by atoms with van der Waals surface area (Å²) in [6, 6.07) is 8.86. The van der Waals surface area contributed by atoms with Gasteiger partial charge in [-0.1, -0.05) is 29.8 Å². The number of rotatable bonds is 4. The summed E-state index contributed by atoms with van der Waals surface area (Å²) in [4.78, 5) is 27.3. The fourth-order valence-corrected chi connectivity index (χ4v) is 2.02. The molecule has 2 rings (SSSR count). The fraction of sp³-hybridized carbons (Fsp3) is 0.214. The van der Waals surface area contributed by atoms with Gasteiger partial charge in [0.25, 0.3) is 5.91 Å². The van der Waals surface area contributed by atoms with Crippen LogP contribution >= 0.6 is 11.6 Å². The van der Waals surface area contributed by atoms with E-state index < -0.39 is 0 Å². The Bertz CT molecular complexity index is 658. The number of aromatic nitrogens is 1. The molecule has 0 bridgehead atoms. The van der Waals surface area contributed by atoms with E-state index in [2.05, 4.69) is 15.6 Å². The normalized spacial score (nSPS) is 10.3. The van der Waals surface area contributed by atoms with Crippen molar-refractivity contribution >= 4 is 34.3 Å². The van der Waals surface area contributed by atoms with Crippen LogP contribution in [0.2, 0.25) is 5.02 Å². The van der Waals surface area contributed by atoms with Gasteiger partial charge >= 0.3 is 0 Å². The van der Waals surface area contributed by atoms with Gasteiger partial charge in [0, 0.05) is 25.4 Å². The van der Waals surface area contributed by atoms with Crippen LogP contribution in [0.4, 0.5) is 0 Å². The lowest BCUT2D eigenvalue weighted by atomic mass is 10.2. The number of para-hydroxylation sites is 1. The fourth-order valence-electron chi connectivity index (χ4n) is 1.75. The first kappa shape index (κ1) is 14.3. The van der Waals surface area contributed by atoms with Gasteiger partial charge in [0.1, 0.15) is 5.69 Å². The second kappa shape index (κ2) is 6.34. The van der Waals surface area contributed by atoms with Crippen LogP contribution in [0.1, 0.15) is 16.9 Å². The van der Waals surface area contributed by atoms with Gasteiger partial charge in [-0.2, -0.15) is 0 Å². The summed E-state index contributed by atoms with van der Waals surface area (Å²) in [7, 11) is 1.55. The van der Waals surface area contributed by atoms with Crippen LogP contribution in [0.25, 0.3) is 10.9 Å². The van der Waals surface area contributed by atoms with E-state index in [0.717, 1.165) is 5.39 Å². The molecular formula is C14H14ClN3O2. The number of carbonyl (C=O) groups excluding carboxylic acids is 2. The molecule has 0 fully saturated rings. The molecule has 0 spiro atoms. The summed E-state index contributed by atoms with van der Waals surface area (Å²) in [6.45, 7) is 0.255. The van der Waals surface area contributed by atoms with Crippen LogP contribution in [-0.4, -0.2) is 30.4 Å². The number of nitrogens with zero attached hydrogens (tertiary/aromatic N) is 1. The van der Waals surface area contributed by atoms with E-state index in [1.807, 2.05) is 18.2 Å². The highest BCUT2D eigenvalue weighted by molar-refractivity contribution is 6.35. The smallest absolute Gasteiger partial charge is 0.269 e. The third-order valence-corrected chi connectivity index (χ3v) is 3.13. The Kier molecular flexibility index (Phi) is 4.53. The molecule has 2 aromatic rings. The maximum atomic E-state index is 11.9. The van der Waals surface area contributed by atoms with Gasteiger partial charge in [0.2, 0.25) is 5.91 Å². The highest BCUT2D eigenvalue weighted by Crippen LogP contribution is 2.22. The summed E-state index contributed by atoms with van der Waals surface area (Å²) in [5.74, 6) is -0.476. The Morgan fingerprint density at radius 1 is 1.30 bits per heavy atom. The average molecular weight is 292 g/mol. The first-order valence-electron chi connectivity index (χ1n) is 6.16. The van der Waals surface area contributed by atoms with Gasteiger partial charge in [-0.15, -0.1) is 0 Å². The predicted octanol–water partition coefficient (Wildman–Crippen LogP) is 1.75. The standard InChI is InChI=1S/C14H14ClN3O2/c1-16-13(19)6-7-17-14(20)12-8-10(15)9-4-2-3-5-11(9)18-12/h2-5,8H,6-7H2,1H3,(H,16,19)(H,17,20). The lowest BCUT2D eigenvalue weighted by Gasteiger charge is -2.06. The first-order chi connectivity index (χ1) is 9.61. The molecule has 5 nitrogen and oxygen atoms in total. The third kappa shape index (κ3) is 3.24. The van der Waals surface area contributed by atoms with Gasteiger partial charge in [-0.05, 0) is 12.1 Å². The van der Waals surface area contributed by atoms with Crippen molar-refractivity contribution in [3.8, 4) is 0 Å². The van der Waals surface area contributed by atoms with Crippen molar-refractivity contribution in [2.24, 2.45) is 0 Å². The number of hydrogen-bond donors (Lipinski definition) is 2. The number of amides is 2. The lowest BCUT2D eigenvalue weighted by molar-refractivity contribution is -0.120. The summed E-state index contributed by atoms with van der Waals surface area (Å²) in [6.07, 6.45) is 0.226. The van der Waals surface area contributed by atoms with E-state index in [1.165, 1.54) is 6.07 Å². The maximum Gasteiger partial charge on any atom is 0.269 e. The van der Waals surface area contributed by atoms with Crippen LogP contribution in [-0.2, 0) is 4.79 Å². The Morgan fingerprint density at radius 2 is 2.05 bits per heavy atom. The van der Waals surface area contributed by atoms with E-state index in [9.17, 15) is 9.59 Å². The zero-order chi connectivity index (χ0) is 14.5. The Hall–Kier alpha value is -2.14. The predicted molar refractivity (Wildman–Crippen MR) is 77.8 cm³/mol. The summed E-state index contributed by atoms with van der Waals surface area (Å²) < 4.78 is 0. The molecule has 0 atom stereocenters. The second-order valence-electron chi connectivity index (χ2n) is 4.19. The zero-order valence-electron chi connectivity index (χ0n) is 10.9. The zero-order valence-corrected chi connectivity index (χ0v) is 11.7. The Labute approximate surface area is 121 Å². The maximum absolute atomic E-state index is 11.9. The number of fused-ring (bicyclic) bond motifs is 1. The van der Waals surface area contributed by atoms with Crippen LogP contribution < -0.4 is 10.6 Å². The van der Waals surface area contributed by atoms with Gasteiger partial charge < -0.3 is 10.6 Å². The lowest BCUT2D eigenvalue weighted by Crippen LogP contribution is -2.29. The number of hydrogen-bond acceptors (Lipinski definition) is 3. The molecule has 1 aromatic carbocycles. The number of pyridine rings is 1. The summed E-state index contributed by atoms with van der Waals surface area (Å²) in [5.41, 5.74) is 0.905. The molecule has 0 aliphatic carbocycles. The highest BCUT2D eigenvalue weighted by atomic mass is 35.5. The molecule has 2 N–H and O–H groups in total. The van der Waals surface area contributed by atoms with Gasteiger partial charge in [0.05, 0.1) is 10.5 Å². The minimum absolute atomic E-state index is 0.130. The first-order valence-corrected chi connectivity index (χ1v) is 6.53. The Balaban J connectivity index is 2.12. The van der Waals surface area contributed by atoms with E-state index >= 15 is 0 Å². The van der Waals surface area contributed by atoms with Crippen molar-refractivity contribution < 1.29 is 9.59 Å². The van der Waals surface area contributed by atoms with Gasteiger partial charge in [-0.25, -0.2) is 4.98 Å². The molecule has 0 saturated heterocycles. The largest absolute Gasteiger partial charge is 0.359 e. The van der Waals surface area contributed by atoms with Crippen LogP contribution in [0.15, 0.2) is 30.3 Å². The molecule has 1 aromatic heterocycles. The molecule has 0 saturated carbocycles. The van der Waals surface area contributed by atoms with Crippen molar-refractivity contribution in [3.63, 3.8) is 0 Å². The van der Waals surface area contributed by atoms with Crippen LogP contribution in [0, 0.1) is 0 Å². The highest BCUT2D eigenvalue weighted by Gasteiger charge is 2.11. The third-order valence-electron chi connectivity index (χ3n) is 2.81. The van der Waals surface area contributed by atoms with Crippen LogP contribution in [0.3, 0.4) is 0 Å². The molecular weight excluding hydrogens is 278 g/mol. The number of nitrogens with one attached hydrogen (secondary N) is 2. The van der Waals surface area contributed by atoms with Gasteiger partial charge in [0.15, 0.2) is 0 Å². The number of carbonyl (C=O) groups is 2. The Morgan fingerprint density at radius 3 is 2.80 bits per heavy atom. The van der Waals surface area contributed by atoms with Crippen molar-refractivity contribution in [3.05, 3.63) is 41.0 Å². The number of halogens is 1. The molecule has 0 aliphatic rings. The van der Waals surface area contributed by atoms with Gasteiger partial charge in [-0.3, -0.25) is 9.59 Å². The topological polar surface area (TPSA) is 71.1 Å². The van der Waals surface area contributed by atoms with Crippen molar-refractivity contribution in [2.45, 2.75) is 6.42 Å². The van der Waals surface area contributed by atoms with Crippen LogP contribution in [0.5, 0.6) is 0 Å². The van der Waals surface area contributed by atoms with E-state index in [0.29, 0.717) is 10.5 Å². The monoisotopic (exact) mass is 291 g/mol. The SMILES string of the molecule is CNC(=O)CCNC(=O)c1cc(Cl)c2ccccc2n1. The minimum Gasteiger partial charge on any atom is -0.359 e. The van der Waals surface area contributed by atoms with E-state index in [4.69, 9.17) is 11.6 Å².